The molecule has 0 bridgehead atoms. The summed E-state index contributed by atoms with van der Waals surface area (Å²) in [6, 6.07) is 30.3. The molecule has 0 aliphatic carbocycles. The van der Waals surface area contributed by atoms with Crippen LogP contribution in [0.15, 0.2) is 102 Å². The van der Waals surface area contributed by atoms with E-state index in [9.17, 15) is 14.4 Å². The van der Waals surface area contributed by atoms with Crippen LogP contribution in [0, 0.1) is 6.92 Å². The predicted octanol–water partition coefficient (Wildman–Crippen LogP) is 9.54. The van der Waals surface area contributed by atoms with Gasteiger partial charge >= 0.3 is 5.97 Å². The molecule has 2 heterocycles. The van der Waals surface area contributed by atoms with Gasteiger partial charge in [-0.1, -0.05) is 54.6 Å². The number of hydrogen-bond acceptors (Lipinski definition) is 7. The van der Waals surface area contributed by atoms with Crippen LogP contribution in [-0.2, 0) is 4.79 Å². The van der Waals surface area contributed by atoms with Crippen LogP contribution in [0.5, 0.6) is 5.75 Å². The average molecular weight is 639 g/mol. The SMILES string of the molecule is CC(=O)c1ccc(-c2ccc(C(=CCSc3ccc(OCC(=O)O)c(C)c3)c3ccc(-c4ccc(C(C)=O)s4)cc3)cc2)s1. The molecule has 222 valence electrons. The zero-order valence-corrected chi connectivity index (χ0v) is 26.9. The summed E-state index contributed by atoms with van der Waals surface area (Å²) in [5, 5.41) is 8.91. The summed E-state index contributed by atoms with van der Waals surface area (Å²) in [6.45, 7) is 4.71. The molecule has 5 nitrogen and oxygen atoms in total. The number of Topliss-reactive ketones (excluding diaryl/α,β-unsaturated/α-hetero) is 2. The monoisotopic (exact) mass is 638 g/mol. The number of carboxylic acid groups (broad SMARTS) is 1. The fourth-order valence-electron chi connectivity index (χ4n) is 4.63. The number of carbonyl (C=O) groups is 3. The molecule has 5 rings (SSSR count). The number of benzene rings is 3. The number of thioether (sulfide) groups is 1. The highest BCUT2D eigenvalue weighted by molar-refractivity contribution is 7.99. The molecule has 0 amide bonds. The molecule has 0 unspecified atom stereocenters. The number of carboxylic acids is 1. The first-order valence-electron chi connectivity index (χ1n) is 13.9. The molecule has 0 saturated carbocycles. The van der Waals surface area contributed by atoms with Crippen molar-refractivity contribution in [3.05, 3.63) is 124 Å². The van der Waals surface area contributed by atoms with Gasteiger partial charge < -0.3 is 9.84 Å². The molecule has 0 saturated heterocycles. The van der Waals surface area contributed by atoms with Crippen LogP contribution in [-0.4, -0.2) is 35.0 Å². The van der Waals surface area contributed by atoms with Crippen LogP contribution in [0.2, 0.25) is 0 Å². The number of aryl methyl sites for hydroxylation is 1. The minimum absolute atomic E-state index is 0.0710. The lowest BCUT2D eigenvalue weighted by Gasteiger charge is -2.12. The smallest absolute Gasteiger partial charge is 0.341 e. The van der Waals surface area contributed by atoms with Crippen LogP contribution >= 0.6 is 34.4 Å². The number of ketones is 2. The Hall–Kier alpha value is -4.24. The Kier molecular flexibility index (Phi) is 9.95. The summed E-state index contributed by atoms with van der Waals surface area (Å²) in [7, 11) is 0. The summed E-state index contributed by atoms with van der Waals surface area (Å²) in [5.41, 5.74) is 6.27. The van der Waals surface area contributed by atoms with Crippen molar-refractivity contribution < 1.29 is 24.2 Å². The molecular formula is C36H30O5S3. The zero-order chi connectivity index (χ0) is 31.2. The van der Waals surface area contributed by atoms with Gasteiger partial charge in [0.25, 0.3) is 0 Å². The Morgan fingerprint density at radius 2 is 1.27 bits per heavy atom. The first-order chi connectivity index (χ1) is 21.2. The minimum Gasteiger partial charge on any atom is -0.482 e. The van der Waals surface area contributed by atoms with Crippen molar-refractivity contribution in [2.75, 3.05) is 12.4 Å². The second kappa shape index (κ2) is 14.0. The molecular weight excluding hydrogens is 609 g/mol. The summed E-state index contributed by atoms with van der Waals surface area (Å²) in [6.07, 6.45) is 2.22. The number of aliphatic carboxylic acids is 1. The fourth-order valence-corrected chi connectivity index (χ4v) is 7.31. The lowest BCUT2D eigenvalue weighted by atomic mass is 9.95. The van der Waals surface area contributed by atoms with Gasteiger partial charge in [-0.3, -0.25) is 9.59 Å². The Bertz CT molecular complexity index is 1750. The highest BCUT2D eigenvalue weighted by Gasteiger charge is 2.11. The third-order valence-corrected chi connectivity index (χ3v) is 10.3. The fraction of sp³-hybridized carbons (Fsp3) is 0.139. The standard InChI is InChI=1S/C36H30O5S3/c1-22-20-29(12-13-31(22)41-21-36(39)40)42-19-18-30(25-4-8-27(9-5-25)34-16-14-32(43-34)23(2)37)26-6-10-28(11-7-26)35-17-15-33(44-35)24(3)38/h4-18,20H,19,21H2,1-3H3,(H,39,40). The van der Waals surface area contributed by atoms with Crippen LogP contribution in [0.1, 0.15) is 49.9 Å². The number of thiophene rings is 2. The van der Waals surface area contributed by atoms with E-state index >= 15 is 0 Å². The first-order valence-corrected chi connectivity index (χ1v) is 16.5. The highest BCUT2D eigenvalue weighted by Crippen LogP contribution is 2.34. The first kappa shape index (κ1) is 31.2. The molecule has 3 aromatic carbocycles. The van der Waals surface area contributed by atoms with Crippen molar-refractivity contribution in [1.29, 1.82) is 0 Å². The van der Waals surface area contributed by atoms with Crippen molar-refractivity contribution in [3.63, 3.8) is 0 Å². The lowest BCUT2D eigenvalue weighted by molar-refractivity contribution is -0.139. The second-order valence-electron chi connectivity index (χ2n) is 10.1. The van der Waals surface area contributed by atoms with Gasteiger partial charge in [-0.15, -0.1) is 34.4 Å². The maximum atomic E-state index is 11.8. The van der Waals surface area contributed by atoms with Gasteiger partial charge in [0, 0.05) is 20.4 Å². The second-order valence-corrected chi connectivity index (χ2v) is 13.4. The van der Waals surface area contributed by atoms with Gasteiger partial charge in [-0.25, -0.2) is 4.79 Å². The summed E-state index contributed by atoms with van der Waals surface area (Å²) in [4.78, 5) is 39.1. The highest BCUT2D eigenvalue weighted by atomic mass is 32.2. The maximum absolute atomic E-state index is 11.8. The Labute approximate surface area is 268 Å². The van der Waals surface area contributed by atoms with E-state index in [0.717, 1.165) is 57.8 Å². The molecule has 44 heavy (non-hydrogen) atoms. The van der Waals surface area contributed by atoms with Crippen molar-refractivity contribution in [3.8, 4) is 26.6 Å². The molecule has 0 aliphatic rings. The van der Waals surface area contributed by atoms with E-state index in [2.05, 4.69) is 54.6 Å². The van der Waals surface area contributed by atoms with Gasteiger partial charge in [0.05, 0.1) is 9.75 Å². The van der Waals surface area contributed by atoms with Crippen molar-refractivity contribution in [2.45, 2.75) is 25.7 Å². The Balaban J connectivity index is 1.41. The predicted molar refractivity (Wildman–Crippen MR) is 182 cm³/mol. The number of ether oxygens (including phenoxy) is 1. The van der Waals surface area contributed by atoms with Crippen LogP contribution in [0.3, 0.4) is 0 Å². The van der Waals surface area contributed by atoms with E-state index in [1.807, 2.05) is 49.4 Å². The Morgan fingerprint density at radius 3 is 1.70 bits per heavy atom. The molecule has 0 radical (unpaired) electrons. The van der Waals surface area contributed by atoms with E-state index in [4.69, 9.17) is 9.84 Å². The third kappa shape index (κ3) is 7.63. The average Bonchev–Trinajstić information content (AvgIpc) is 3.71. The van der Waals surface area contributed by atoms with Gasteiger partial charge in [0.2, 0.25) is 0 Å². The van der Waals surface area contributed by atoms with E-state index in [-0.39, 0.29) is 18.2 Å². The van der Waals surface area contributed by atoms with Crippen molar-refractivity contribution in [1.82, 2.24) is 0 Å². The van der Waals surface area contributed by atoms with Gasteiger partial charge in [-0.2, -0.15) is 0 Å². The molecule has 1 N–H and O–H groups in total. The summed E-state index contributed by atoms with van der Waals surface area (Å²) >= 11 is 4.69. The molecule has 2 aromatic heterocycles. The summed E-state index contributed by atoms with van der Waals surface area (Å²) < 4.78 is 5.37. The van der Waals surface area contributed by atoms with E-state index < -0.39 is 5.97 Å². The van der Waals surface area contributed by atoms with E-state index in [0.29, 0.717) is 11.5 Å². The van der Waals surface area contributed by atoms with Crippen LogP contribution < -0.4 is 4.74 Å². The van der Waals surface area contributed by atoms with Crippen molar-refractivity contribution >= 4 is 57.5 Å². The minimum atomic E-state index is -1.01. The van der Waals surface area contributed by atoms with Gasteiger partial charge in [0.1, 0.15) is 5.75 Å². The largest absolute Gasteiger partial charge is 0.482 e. The molecule has 8 heteroatoms. The molecule has 0 aliphatic heterocycles. The van der Waals surface area contributed by atoms with Crippen LogP contribution in [0.4, 0.5) is 0 Å². The topological polar surface area (TPSA) is 80.7 Å². The zero-order valence-electron chi connectivity index (χ0n) is 24.5. The molecule has 0 atom stereocenters. The quantitative estimate of drug-likeness (QED) is 0.108. The lowest BCUT2D eigenvalue weighted by Crippen LogP contribution is -2.09. The summed E-state index contributed by atoms with van der Waals surface area (Å²) in [5.74, 6) is 0.417. The maximum Gasteiger partial charge on any atom is 0.341 e. The van der Waals surface area contributed by atoms with Crippen LogP contribution in [0.25, 0.3) is 26.5 Å². The van der Waals surface area contributed by atoms with E-state index in [1.165, 1.54) is 22.7 Å². The van der Waals surface area contributed by atoms with Crippen molar-refractivity contribution in [2.24, 2.45) is 0 Å². The number of rotatable bonds is 12. The third-order valence-electron chi connectivity index (χ3n) is 6.90. The molecule has 5 aromatic rings. The molecule has 0 fully saturated rings. The normalized spacial score (nSPS) is 10.8. The molecule has 0 spiro atoms. The number of carbonyl (C=O) groups excluding carboxylic acids is 2. The van der Waals surface area contributed by atoms with E-state index in [1.54, 1.807) is 25.6 Å². The van der Waals surface area contributed by atoms with Gasteiger partial charge in [-0.05, 0) is 96.6 Å². The number of hydrogen-bond donors (Lipinski definition) is 1. The van der Waals surface area contributed by atoms with Gasteiger partial charge in [0.15, 0.2) is 18.2 Å². The Morgan fingerprint density at radius 1 is 0.750 bits per heavy atom.